The third-order valence-corrected chi connectivity index (χ3v) is 3.17. The van der Waals surface area contributed by atoms with Gasteiger partial charge < -0.3 is 9.67 Å². The van der Waals surface area contributed by atoms with Gasteiger partial charge in [0.1, 0.15) is 5.56 Å². The van der Waals surface area contributed by atoms with E-state index in [4.69, 9.17) is 11.6 Å². The first kappa shape index (κ1) is 13.4. The van der Waals surface area contributed by atoms with E-state index >= 15 is 0 Å². The van der Waals surface area contributed by atoms with Crippen molar-refractivity contribution in [2.75, 3.05) is 0 Å². The van der Waals surface area contributed by atoms with Crippen molar-refractivity contribution in [2.24, 2.45) is 0 Å². The molecule has 0 aliphatic heterocycles. The lowest BCUT2D eigenvalue weighted by Crippen LogP contribution is -2.14. The second-order valence-electron chi connectivity index (χ2n) is 4.25. The molecule has 0 unspecified atom stereocenters. The minimum absolute atomic E-state index is 0.0269. The summed E-state index contributed by atoms with van der Waals surface area (Å²) < 4.78 is 1.71. The van der Waals surface area contributed by atoms with E-state index < -0.39 is 5.97 Å². The van der Waals surface area contributed by atoms with Gasteiger partial charge in [0.25, 0.3) is 0 Å². The first-order valence-corrected chi connectivity index (χ1v) is 6.02. The van der Waals surface area contributed by atoms with Crippen molar-refractivity contribution in [3.05, 3.63) is 62.5 Å². The second kappa shape index (κ2) is 4.90. The fourth-order valence-corrected chi connectivity index (χ4v) is 2.40. The average molecular weight is 278 g/mol. The van der Waals surface area contributed by atoms with Gasteiger partial charge >= 0.3 is 5.97 Å². The number of carbonyl (C=O) groups is 1. The normalized spacial score (nSPS) is 10.5. The first-order chi connectivity index (χ1) is 8.91. The number of benzene rings is 1. The number of aromatic nitrogens is 1. The van der Waals surface area contributed by atoms with Crippen LogP contribution in [-0.2, 0) is 0 Å². The monoisotopic (exact) mass is 277 g/mol. The van der Waals surface area contributed by atoms with Gasteiger partial charge in [-0.2, -0.15) is 0 Å². The molecular formula is C14H12ClNO3. The second-order valence-corrected chi connectivity index (χ2v) is 4.66. The van der Waals surface area contributed by atoms with Crippen molar-refractivity contribution in [3.8, 4) is 5.69 Å². The molecule has 1 heterocycles. The zero-order chi connectivity index (χ0) is 14.2. The minimum atomic E-state index is -1.10. The lowest BCUT2D eigenvalue weighted by molar-refractivity contribution is 0.0697. The molecule has 1 N–H and O–H groups in total. The summed E-state index contributed by atoms with van der Waals surface area (Å²) >= 11 is 5.95. The molecule has 4 nitrogen and oxygen atoms in total. The molecule has 5 heteroatoms. The highest BCUT2D eigenvalue weighted by Crippen LogP contribution is 2.25. The van der Waals surface area contributed by atoms with Crippen LogP contribution in [-0.4, -0.2) is 15.6 Å². The summed E-state index contributed by atoms with van der Waals surface area (Å²) in [7, 11) is 0. The Labute approximate surface area is 114 Å². The van der Waals surface area contributed by atoms with Crippen molar-refractivity contribution in [3.63, 3.8) is 0 Å². The van der Waals surface area contributed by atoms with Crippen LogP contribution in [0.25, 0.3) is 5.69 Å². The van der Waals surface area contributed by atoms with Gasteiger partial charge in [0.05, 0.1) is 10.7 Å². The summed E-state index contributed by atoms with van der Waals surface area (Å²) in [5, 5.41) is 9.45. The largest absolute Gasteiger partial charge is 0.478 e. The van der Waals surface area contributed by atoms with E-state index in [2.05, 4.69) is 0 Å². The van der Waals surface area contributed by atoms with E-state index in [0.717, 1.165) is 0 Å². The Morgan fingerprint density at radius 2 is 1.79 bits per heavy atom. The maximum Gasteiger partial charge on any atom is 0.339 e. The standard InChI is InChI=1S/C14H12ClNO3/c1-8-6-10(17)7-9(2)16(8)12-5-3-4-11(15)13(12)14(18)19/h3-7H,1-2H3,(H,18,19). The van der Waals surface area contributed by atoms with Crippen LogP contribution >= 0.6 is 11.6 Å². The van der Waals surface area contributed by atoms with Crippen LogP contribution in [0.5, 0.6) is 0 Å². The highest BCUT2D eigenvalue weighted by molar-refractivity contribution is 6.34. The zero-order valence-electron chi connectivity index (χ0n) is 10.5. The van der Waals surface area contributed by atoms with Gasteiger partial charge in [-0.25, -0.2) is 4.79 Å². The molecule has 0 radical (unpaired) electrons. The van der Waals surface area contributed by atoms with Gasteiger partial charge in [-0.3, -0.25) is 4.79 Å². The van der Waals surface area contributed by atoms with Crippen molar-refractivity contribution in [2.45, 2.75) is 13.8 Å². The van der Waals surface area contributed by atoms with Crippen molar-refractivity contribution >= 4 is 17.6 Å². The fourth-order valence-electron chi connectivity index (χ4n) is 2.15. The third-order valence-electron chi connectivity index (χ3n) is 2.85. The Bertz CT molecular complexity index is 693. The highest BCUT2D eigenvalue weighted by Gasteiger charge is 2.17. The minimum Gasteiger partial charge on any atom is -0.478 e. The lowest BCUT2D eigenvalue weighted by Gasteiger charge is -2.17. The summed E-state index contributed by atoms with van der Waals surface area (Å²) in [4.78, 5) is 22.8. The molecule has 19 heavy (non-hydrogen) atoms. The molecule has 0 saturated carbocycles. The molecule has 0 aliphatic carbocycles. The van der Waals surface area contributed by atoms with Crippen LogP contribution in [0, 0.1) is 13.8 Å². The Morgan fingerprint density at radius 1 is 1.21 bits per heavy atom. The zero-order valence-corrected chi connectivity index (χ0v) is 11.2. The number of aryl methyl sites for hydroxylation is 2. The molecule has 0 aliphatic rings. The number of aromatic carboxylic acids is 1. The lowest BCUT2D eigenvalue weighted by atomic mass is 10.1. The smallest absolute Gasteiger partial charge is 0.339 e. The molecule has 2 rings (SSSR count). The van der Waals surface area contributed by atoms with E-state index in [9.17, 15) is 14.7 Å². The number of halogens is 1. The van der Waals surface area contributed by atoms with Crippen LogP contribution < -0.4 is 5.43 Å². The maximum atomic E-state index is 11.4. The quantitative estimate of drug-likeness (QED) is 0.918. The van der Waals surface area contributed by atoms with Crippen molar-refractivity contribution in [1.82, 2.24) is 4.57 Å². The molecule has 0 spiro atoms. The Balaban J connectivity index is 2.84. The van der Waals surface area contributed by atoms with Crippen molar-refractivity contribution < 1.29 is 9.90 Å². The first-order valence-electron chi connectivity index (χ1n) is 5.64. The molecule has 2 aromatic rings. The van der Waals surface area contributed by atoms with Gasteiger partial charge in [0.2, 0.25) is 0 Å². The fraction of sp³-hybridized carbons (Fsp3) is 0.143. The van der Waals surface area contributed by atoms with E-state index in [1.807, 2.05) is 0 Å². The summed E-state index contributed by atoms with van der Waals surface area (Å²) in [6.45, 7) is 3.50. The number of nitrogens with zero attached hydrogens (tertiary/aromatic N) is 1. The summed E-state index contributed by atoms with van der Waals surface area (Å²) in [5.41, 5.74) is 1.70. The Hall–Kier alpha value is -2.07. The number of rotatable bonds is 2. The number of pyridine rings is 1. The molecule has 0 atom stereocenters. The van der Waals surface area contributed by atoms with Crippen LogP contribution in [0.3, 0.4) is 0 Å². The Kier molecular flexibility index (Phi) is 3.44. The van der Waals surface area contributed by atoms with E-state index in [1.54, 1.807) is 30.5 Å². The Morgan fingerprint density at radius 3 is 2.32 bits per heavy atom. The number of carboxylic acid groups (broad SMARTS) is 1. The number of hydrogen-bond acceptors (Lipinski definition) is 2. The predicted octanol–water partition coefficient (Wildman–Crippen LogP) is 2.81. The molecule has 0 fully saturated rings. The highest BCUT2D eigenvalue weighted by atomic mass is 35.5. The van der Waals surface area contributed by atoms with Crippen LogP contribution in [0.15, 0.2) is 35.1 Å². The predicted molar refractivity (Wildman–Crippen MR) is 73.5 cm³/mol. The topological polar surface area (TPSA) is 59.3 Å². The SMILES string of the molecule is Cc1cc(=O)cc(C)n1-c1cccc(Cl)c1C(=O)O. The van der Waals surface area contributed by atoms with Crippen LogP contribution in [0.1, 0.15) is 21.7 Å². The molecule has 0 bridgehead atoms. The summed E-state index contributed by atoms with van der Waals surface area (Å²) in [5.74, 6) is -1.10. The average Bonchev–Trinajstić information content (AvgIpc) is 2.26. The van der Waals surface area contributed by atoms with E-state index in [1.165, 1.54) is 18.2 Å². The summed E-state index contributed by atoms with van der Waals surface area (Å²) in [6, 6.07) is 7.79. The van der Waals surface area contributed by atoms with Gasteiger partial charge in [0, 0.05) is 23.5 Å². The van der Waals surface area contributed by atoms with Crippen molar-refractivity contribution in [1.29, 1.82) is 0 Å². The van der Waals surface area contributed by atoms with Crippen LogP contribution in [0.2, 0.25) is 5.02 Å². The molecule has 1 aromatic carbocycles. The van der Waals surface area contributed by atoms with Gasteiger partial charge in [0.15, 0.2) is 5.43 Å². The molecule has 0 amide bonds. The number of hydrogen-bond donors (Lipinski definition) is 1. The van der Waals surface area contributed by atoms with E-state index in [0.29, 0.717) is 17.1 Å². The van der Waals surface area contributed by atoms with Gasteiger partial charge in [-0.15, -0.1) is 0 Å². The third kappa shape index (κ3) is 2.39. The molecule has 1 aromatic heterocycles. The van der Waals surface area contributed by atoms with Gasteiger partial charge in [-0.05, 0) is 26.0 Å². The van der Waals surface area contributed by atoms with Gasteiger partial charge in [-0.1, -0.05) is 17.7 Å². The molecular weight excluding hydrogens is 266 g/mol. The maximum absolute atomic E-state index is 11.4. The molecule has 0 saturated heterocycles. The molecule has 98 valence electrons. The van der Waals surface area contributed by atoms with Crippen LogP contribution in [0.4, 0.5) is 0 Å². The van der Waals surface area contributed by atoms with E-state index in [-0.39, 0.29) is 16.0 Å². The number of carboxylic acids is 1. The summed E-state index contributed by atoms with van der Waals surface area (Å²) in [6.07, 6.45) is 0.